The lowest BCUT2D eigenvalue weighted by Crippen LogP contribution is -2.31. The molecule has 0 aliphatic rings. The number of halogens is 3. The molecule has 1 rings (SSSR count). The van der Waals surface area contributed by atoms with Crippen LogP contribution >= 0.6 is 11.6 Å². The Morgan fingerprint density at radius 1 is 1.60 bits per heavy atom. The summed E-state index contributed by atoms with van der Waals surface area (Å²) < 4.78 is 25.6. The Morgan fingerprint density at radius 2 is 2.20 bits per heavy atom. The van der Waals surface area contributed by atoms with E-state index in [0.29, 0.717) is 5.69 Å². The highest BCUT2D eigenvalue weighted by Gasteiger charge is 2.39. The molecule has 0 atom stereocenters. The van der Waals surface area contributed by atoms with Crippen LogP contribution in [-0.4, -0.2) is 27.0 Å². The normalized spacial score (nSPS) is 11.5. The minimum absolute atomic E-state index is 0.0973. The second-order valence-corrected chi connectivity index (χ2v) is 3.29. The minimum atomic E-state index is -3.84. The van der Waals surface area contributed by atoms with Crippen LogP contribution in [0.3, 0.4) is 0 Å². The van der Waals surface area contributed by atoms with Crippen molar-refractivity contribution in [1.82, 2.24) is 9.97 Å². The highest BCUT2D eigenvalue weighted by Crippen LogP contribution is 2.20. The van der Waals surface area contributed by atoms with Crippen molar-refractivity contribution < 1.29 is 18.7 Å². The van der Waals surface area contributed by atoms with Gasteiger partial charge in [0, 0.05) is 5.69 Å². The van der Waals surface area contributed by atoms with Gasteiger partial charge in [-0.3, -0.25) is 0 Å². The number of hydrogen-bond acceptors (Lipinski definition) is 3. The standard InChI is InChI=1S/C8H7ClF2N2O2/c1-4-2-5(13-7(9)12-4)3-8(10,11)6(14)15/h2H,3H2,1H3,(H,14,15). The fraction of sp³-hybridized carbons (Fsp3) is 0.375. The van der Waals surface area contributed by atoms with Gasteiger partial charge in [-0.05, 0) is 24.6 Å². The van der Waals surface area contributed by atoms with E-state index in [1.807, 2.05) is 0 Å². The Kier molecular flexibility index (Phi) is 3.18. The van der Waals surface area contributed by atoms with Gasteiger partial charge in [0.25, 0.3) is 0 Å². The van der Waals surface area contributed by atoms with Crippen LogP contribution in [0.5, 0.6) is 0 Å². The predicted octanol–water partition coefficient (Wildman–Crippen LogP) is 1.70. The second-order valence-electron chi connectivity index (χ2n) is 2.96. The van der Waals surface area contributed by atoms with E-state index >= 15 is 0 Å². The third kappa shape index (κ3) is 3.09. The van der Waals surface area contributed by atoms with Gasteiger partial charge in [0.15, 0.2) is 0 Å². The van der Waals surface area contributed by atoms with Crippen molar-refractivity contribution in [3.05, 3.63) is 22.7 Å². The molecule has 0 saturated heterocycles. The number of aliphatic carboxylic acids is 1. The third-order valence-corrected chi connectivity index (χ3v) is 1.77. The summed E-state index contributed by atoms with van der Waals surface area (Å²) in [4.78, 5) is 17.4. The number of carboxylic acids is 1. The van der Waals surface area contributed by atoms with Crippen LogP contribution in [0.15, 0.2) is 6.07 Å². The number of alkyl halides is 2. The van der Waals surface area contributed by atoms with Gasteiger partial charge in [0.2, 0.25) is 5.28 Å². The van der Waals surface area contributed by atoms with Gasteiger partial charge in [0.1, 0.15) is 0 Å². The average Bonchev–Trinajstić information content (AvgIpc) is 1.99. The van der Waals surface area contributed by atoms with Gasteiger partial charge >= 0.3 is 11.9 Å². The Hall–Kier alpha value is -1.30. The van der Waals surface area contributed by atoms with Gasteiger partial charge in [-0.25, -0.2) is 14.8 Å². The number of carbonyl (C=O) groups is 1. The van der Waals surface area contributed by atoms with Gasteiger partial charge in [0.05, 0.1) is 12.1 Å². The smallest absolute Gasteiger partial charge is 0.374 e. The first-order valence-corrected chi connectivity index (χ1v) is 4.30. The molecule has 15 heavy (non-hydrogen) atoms. The third-order valence-electron chi connectivity index (χ3n) is 1.60. The number of aromatic nitrogens is 2. The fourth-order valence-corrected chi connectivity index (χ4v) is 1.23. The van der Waals surface area contributed by atoms with Crippen molar-refractivity contribution in [2.75, 3.05) is 0 Å². The summed E-state index contributed by atoms with van der Waals surface area (Å²) in [5, 5.41) is 8.04. The number of rotatable bonds is 3. The molecule has 0 aromatic carbocycles. The van der Waals surface area contributed by atoms with E-state index in [1.165, 1.54) is 6.07 Å². The molecule has 0 aliphatic heterocycles. The van der Waals surface area contributed by atoms with E-state index in [-0.39, 0.29) is 11.0 Å². The van der Waals surface area contributed by atoms with Crippen LogP contribution in [0, 0.1) is 6.92 Å². The molecule has 0 amide bonds. The van der Waals surface area contributed by atoms with Crippen LogP contribution in [-0.2, 0) is 11.2 Å². The zero-order chi connectivity index (χ0) is 11.6. The van der Waals surface area contributed by atoms with E-state index in [4.69, 9.17) is 16.7 Å². The van der Waals surface area contributed by atoms with Crippen LogP contribution in [0.1, 0.15) is 11.4 Å². The first-order valence-electron chi connectivity index (χ1n) is 3.92. The molecule has 7 heteroatoms. The summed E-state index contributed by atoms with van der Waals surface area (Å²) >= 11 is 5.44. The lowest BCUT2D eigenvalue weighted by molar-refractivity contribution is -0.164. The van der Waals surface area contributed by atoms with Crippen molar-refractivity contribution in [3.8, 4) is 0 Å². The molecule has 1 N–H and O–H groups in total. The first-order chi connectivity index (χ1) is 6.81. The molecule has 0 fully saturated rings. The van der Waals surface area contributed by atoms with E-state index < -0.39 is 18.3 Å². The predicted molar refractivity (Wildman–Crippen MR) is 48.1 cm³/mol. The molecular formula is C8H7ClF2N2O2. The maximum atomic E-state index is 12.8. The highest BCUT2D eigenvalue weighted by atomic mass is 35.5. The monoisotopic (exact) mass is 236 g/mol. The van der Waals surface area contributed by atoms with Gasteiger partial charge in [-0.1, -0.05) is 0 Å². The summed E-state index contributed by atoms with van der Waals surface area (Å²) in [6.45, 7) is 1.55. The van der Waals surface area contributed by atoms with E-state index in [9.17, 15) is 13.6 Å². The van der Waals surface area contributed by atoms with Crippen molar-refractivity contribution in [3.63, 3.8) is 0 Å². The topological polar surface area (TPSA) is 63.1 Å². The molecule has 4 nitrogen and oxygen atoms in total. The molecule has 0 saturated carbocycles. The van der Waals surface area contributed by atoms with Gasteiger partial charge in [-0.2, -0.15) is 8.78 Å². The zero-order valence-corrected chi connectivity index (χ0v) is 8.42. The molecule has 1 aromatic heterocycles. The van der Waals surface area contributed by atoms with E-state index in [0.717, 1.165) is 0 Å². The number of nitrogens with zero attached hydrogens (tertiary/aromatic N) is 2. The average molecular weight is 237 g/mol. The summed E-state index contributed by atoms with van der Waals surface area (Å²) in [7, 11) is 0. The molecule has 1 aromatic rings. The maximum absolute atomic E-state index is 12.8. The van der Waals surface area contributed by atoms with Gasteiger partial charge < -0.3 is 5.11 Å². The second kappa shape index (κ2) is 4.06. The Bertz CT molecular complexity index is 378. The fourth-order valence-electron chi connectivity index (χ4n) is 0.988. The Balaban J connectivity index is 2.94. The maximum Gasteiger partial charge on any atom is 0.374 e. The molecule has 0 unspecified atom stereocenters. The van der Waals surface area contributed by atoms with Crippen LogP contribution in [0.4, 0.5) is 8.78 Å². The summed E-state index contributed by atoms with van der Waals surface area (Å²) in [6.07, 6.45) is -0.995. The molecule has 1 heterocycles. The van der Waals surface area contributed by atoms with Crippen molar-refractivity contribution in [1.29, 1.82) is 0 Å². The quantitative estimate of drug-likeness (QED) is 0.812. The zero-order valence-electron chi connectivity index (χ0n) is 7.67. The summed E-state index contributed by atoms with van der Waals surface area (Å²) in [5.41, 5.74) is 0.311. The van der Waals surface area contributed by atoms with Crippen molar-refractivity contribution in [2.24, 2.45) is 0 Å². The molecule has 0 radical (unpaired) electrons. The van der Waals surface area contributed by atoms with E-state index in [2.05, 4.69) is 9.97 Å². The highest BCUT2D eigenvalue weighted by molar-refractivity contribution is 6.28. The number of carboxylic acid groups (broad SMARTS) is 1. The molecular weight excluding hydrogens is 230 g/mol. The van der Waals surface area contributed by atoms with Crippen LogP contribution in [0.25, 0.3) is 0 Å². The lowest BCUT2D eigenvalue weighted by Gasteiger charge is -2.10. The van der Waals surface area contributed by atoms with Crippen LogP contribution in [0.2, 0.25) is 5.28 Å². The number of hydrogen-bond donors (Lipinski definition) is 1. The SMILES string of the molecule is Cc1cc(CC(F)(F)C(=O)O)nc(Cl)n1. The van der Waals surface area contributed by atoms with E-state index in [1.54, 1.807) is 6.92 Å². The Morgan fingerprint density at radius 3 is 2.67 bits per heavy atom. The first kappa shape index (κ1) is 11.8. The Labute approximate surface area is 88.9 Å². The van der Waals surface area contributed by atoms with Crippen molar-refractivity contribution in [2.45, 2.75) is 19.3 Å². The van der Waals surface area contributed by atoms with Gasteiger partial charge in [-0.15, -0.1) is 0 Å². The largest absolute Gasteiger partial charge is 0.477 e. The summed E-state index contributed by atoms with van der Waals surface area (Å²) in [5.74, 6) is -6.03. The molecule has 82 valence electrons. The lowest BCUT2D eigenvalue weighted by atomic mass is 10.1. The van der Waals surface area contributed by atoms with Crippen molar-refractivity contribution >= 4 is 17.6 Å². The molecule has 0 aliphatic carbocycles. The molecule has 0 spiro atoms. The number of aryl methyl sites for hydroxylation is 1. The van der Waals surface area contributed by atoms with Crippen LogP contribution < -0.4 is 0 Å². The molecule has 0 bridgehead atoms. The summed E-state index contributed by atoms with van der Waals surface area (Å²) in [6, 6.07) is 1.27. The minimum Gasteiger partial charge on any atom is -0.477 e.